The number of amides is 1. The number of rotatable bonds is 6. The van der Waals surface area contributed by atoms with Crippen molar-refractivity contribution in [2.24, 2.45) is 0 Å². The summed E-state index contributed by atoms with van der Waals surface area (Å²) in [5, 5.41) is 11.7. The summed E-state index contributed by atoms with van der Waals surface area (Å²) in [4.78, 5) is 16.1. The van der Waals surface area contributed by atoms with Crippen LogP contribution in [0.1, 0.15) is 17.7 Å². The topological polar surface area (TPSA) is 77.6 Å². The molecule has 7 nitrogen and oxygen atoms in total. The molecule has 3 aromatic rings. The molecule has 1 amide bonds. The van der Waals surface area contributed by atoms with Crippen LogP contribution in [0.2, 0.25) is 5.02 Å². The van der Waals surface area contributed by atoms with Gasteiger partial charge in [-0.25, -0.2) is 9.67 Å². The van der Waals surface area contributed by atoms with E-state index in [-0.39, 0.29) is 11.9 Å². The fourth-order valence-electron chi connectivity index (χ4n) is 2.26. The first kappa shape index (κ1) is 16.2. The molecule has 0 bridgehead atoms. The van der Waals surface area contributed by atoms with Crippen LogP contribution in [0.5, 0.6) is 0 Å². The fraction of sp³-hybridized carbons (Fsp3) is 0.250. The predicted molar refractivity (Wildman–Crippen MR) is 90.8 cm³/mol. The number of aromatic nitrogens is 5. The van der Waals surface area contributed by atoms with Gasteiger partial charge in [0, 0.05) is 29.9 Å². The zero-order chi connectivity index (χ0) is 16.9. The molecule has 2 heterocycles. The molecule has 3 rings (SSSR count). The molecule has 0 atom stereocenters. The molecule has 0 spiro atoms. The van der Waals surface area contributed by atoms with Crippen LogP contribution in [0.3, 0.4) is 0 Å². The van der Waals surface area contributed by atoms with Crippen molar-refractivity contribution in [1.82, 2.24) is 24.5 Å². The molecule has 0 aliphatic carbocycles. The highest BCUT2D eigenvalue weighted by molar-refractivity contribution is 6.31. The van der Waals surface area contributed by atoms with Gasteiger partial charge in [0.25, 0.3) is 0 Å². The molecule has 8 heteroatoms. The van der Waals surface area contributed by atoms with Crippen molar-refractivity contribution in [2.45, 2.75) is 26.4 Å². The van der Waals surface area contributed by atoms with Gasteiger partial charge in [-0.1, -0.05) is 29.8 Å². The number of hydrogen-bond donors (Lipinski definition) is 1. The summed E-state index contributed by atoms with van der Waals surface area (Å²) < 4.78 is 3.41. The Labute approximate surface area is 144 Å². The van der Waals surface area contributed by atoms with Crippen molar-refractivity contribution in [3.05, 3.63) is 59.1 Å². The Hall–Kier alpha value is -2.67. The smallest absolute Gasteiger partial charge is 0.248 e. The van der Waals surface area contributed by atoms with E-state index >= 15 is 0 Å². The van der Waals surface area contributed by atoms with Gasteiger partial charge in [-0.2, -0.15) is 5.10 Å². The molecule has 1 N–H and O–H groups in total. The average molecular weight is 345 g/mol. The highest BCUT2D eigenvalue weighted by Gasteiger charge is 2.09. The van der Waals surface area contributed by atoms with Gasteiger partial charge in [-0.15, -0.1) is 5.10 Å². The molecule has 0 saturated carbocycles. The third-order valence-corrected chi connectivity index (χ3v) is 3.93. The lowest BCUT2D eigenvalue weighted by atomic mass is 10.2. The van der Waals surface area contributed by atoms with E-state index in [9.17, 15) is 4.79 Å². The maximum Gasteiger partial charge on any atom is 0.248 e. The van der Waals surface area contributed by atoms with Crippen molar-refractivity contribution < 1.29 is 4.79 Å². The van der Waals surface area contributed by atoms with Crippen molar-refractivity contribution in [3.63, 3.8) is 0 Å². The van der Waals surface area contributed by atoms with Crippen LogP contribution in [0.4, 0.5) is 5.95 Å². The van der Waals surface area contributed by atoms with E-state index in [1.165, 1.54) is 0 Å². The summed E-state index contributed by atoms with van der Waals surface area (Å²) >= 11 is 6.13. The highest BCUT2D eigenvalue weighted by Crippen LogP contribution is 2.16. The normalized spacial score (nSPS) is 10.8. The minimum atomic E-state index is -0.152. The SMILES string of the molecule is Cc1ccnn1CCC(=O)Nc1ncn(Cc2ccccc2Cl)n1. The second kappa shape index (κ2) is 7.27. The number of benzene rings is 1. The molecule has 0 saturated heterocycles. The van der Waals surface area contributed by atoms with Crippen LogP contribution in [-0.2, 0) is 17.9 Å². The number of nitrogens with one attached hydrogen (secondary N) is 1. The summed E-state index contributed by atoms with van der Waals surface area (Å²) in [6, 6.07) is 9.44. The van der Waals surface area contributed by atoms with Gasteiger partial charge in [0.15, 0.2) is 0 Å². The Morgan fingerprint density at radius 3 is 2.88 bits per heavy atom. The Bertz CT molecular complexity index is 840. The first-order valence-corrected chi connectivity index (χ1v) is 7.91. The first-order chi connectivity index (χ1) is 11.6. The zero-order valence-electron chi connectivity index (χ0n) is 13.2. The summed E-state index contributed by atoms with van der Waals surface area (Å²) in [5.74, 6) is 0.129. The molecule has 0 radical (unpaired) electrons. The largest absolute Gasteiger partial charge is 0.293 e. The van der Waals surface area contributed by atoms with Crippen LogP contribution in [0.25, 0.3) is 0 Å². The van der Waals surface area contributed by atoms with Gasteiger partial charge in [0.1, 0.15) is 6.33 Å². The number of halogens is 1. The lowest BCUT2D eigenvalue weighted by Crippen LogP contribution is -2.16. The Morgan fingerprint density at radius 1 is 1.29 bits per heavy atom. The number of aryl methyl sites for hydroxylation is 2. The summed E-state index contributed by atoms with van der Waals surface area (Å²) in [5.41, 5.74) is 1.96. The fourth-order valence-corrected chi connectivity index (χ4v) is 2.45. The number of carbonyl (C=O) groups excluding carboxylic acids is 1. The number of hydrogen-bond acceptors (Lipinski definition) is 4. The molecule has 0 unspecified atom stereocenters. The Kier molecular flexibility index (Phi) is 4.90. The van der Waals surface area contributed by atoms with E-state index in [4.69, 9.17) is 11.6 Å². The molecule has 24 heavy (non-hydrogen) atoms. The van der Waals surface area contributed by atoms with E-state index in [0.29, 0.717) is 24.5 Å². The van der Waals surface area contributed by atoms with Crippen molar-refractivity contribution in [2.75, 3.05) is 5.32 Å². The van der Waals surface area contributed by atoms with Crippen LogP contribution in [0, 0.1) is 6.92 Å². The monoisotopic (exact) mass is 344 g/mol. The second-order valence-electron chi connectivity index (χ2n) is 5.35. The average Bonchev–Trinajstić information content (AvgIpc) is 3.17. The van der Waals surface area contributed by atoms with Crippen molar-refractivity contribution >= 4 is 23.5 Å². The molecule has 0 aliphatic heterocycles. The summed E-state index contributed by atoms with van der Waals surface area (Å²) in [6.07, 6.45) is 3.59. The molecule has 0 aliphatic rings. The van der Waals surface area contributed by atoms with Crippen molar-refractivity contribution in [3.8, 4) is 0 Å². The third kappa shape index (κ3) is 3.99. The van der Waals surface area contributed by atoms with E-state index in [1.807, 2.05) is 37.3 Å². The van der Waals surface area contributed by atoms with Gasteiger partial charge >= 0.3 is 0 Å². The van der Waals surface area contributed by atoms with E-state index in [2.05, 4.69) is 20.5 Å². The van der Waals surface area contributed by atoms with Gasteiger partial charge in [-0.05, 0) is 24.6 Å². The molecular formula is C16H17ClN6O. The Balaban J connectivity index is 1.55. The van der Waals surface area contributed by atoms with E-state index in [0.717, 1.165) is 11.3 Å². The van der Waals surface area contributed by atoms with Crippen LogP contribution >= 0.6 is 11.6 Å². The standard InChI is InChI=1S/C16H17ClN6O/c1-12-6-8-19-23(12)9-7-15(24)20-16-18-11-22(21-16)10-13-4-2-3-5-14(13)17/h2-6,8,11H,7,9-10H2,1H3,(H,20,21,24). The Morgan fingerprint density at radius 2 is 2.12 bits per heavy atom. The second-order valence-corrected chi connectivity index (χ2v) is 5.76. The van der Waals surface area contributed by atoms with Gasteiger partial charge in [0.2, 0.25) is 11.9 Å². The van der Waals surface area contributed by atoms with E-state index in [1.54, 1.807) is 21.9 Å². The molecule has 1 aromatic carbocycles. The highest BCUT2D eigenvalue weighted by atomic mass is 35.5. The van der Waals surface area contributed by atoms with Crippen molar-refractivity contribution in [1.29, 1.82) is 0 Å². The minimum Gasteiger partial charge on any atom is -0.293 e. The maximum atomic E-state index is 12.0. The zero-order valence-corrected chi connectivity index (χ0v) is 13.9. The van der Waals surface area contributed by atoms with Gasteiger partial charge in [0.05, 0.1) is 6.54 Å². The summed E-state index contributed by atoms with van der Waals surface area (Å²) in [7, 11) is 0. The van der Waals surface area contributed by atoms with Gasteiger partial charge < -0.3 is 0 Å². The molecular weight excluding hydrogens is 328 g/mol. The lowest BCUT2D eigenvalue weighted by molar-refractivity contribution is -0.116. The molecule has 2 aromatic heterocycles. The van der Waals surface area contributed by atoms with Crippen LogP contribution in [0.15, 0.2) is 42.9 Å². The summed E-state index contributed by atoms with van der Waals surface area (Å²) in [6.45, 7) is 2.96. The lowest BCUT2D eigenvalue weighted by Gasteiger charge is -2.04. The maximum absolute atomic E-state index is 12.0. The molecule has 0 fully saturated rings. The number of carbonyl (C=O) groups is 1. The van der Waals surface area contributed by atoms with Crippen LogP contribution < -0.4 is 5.32 Å². The van der Waals surface area contributed by atoms with E-state index < -0.39 is 0 Å². The van der Waals surface area contributed by atoms with Gasteiger partial charge in [-0.3, -0.25) is 14.8 Å². The quantitative estimate of drug-likeness (QED) is 0.745. The predicted octanol–water partition coefficient (Wildman–Crippen LogP) is 2.51. The van der Waals surface area contributed by atoms with Crippen LogP contribution in [-0.4, -0.2) is 30.5 Å². The minimum absolute atomic E-state index is 0.152. The number of nitrogens with zero attached hydrogens (tertiary/aromatic N) is 5. The first-order valence-electron chi connectivity index (χ1n) is 7.53. The third-order valence-electron chi connectivity index (χ3n) is 3.56. The number of anilines is 1. The molecule has 124 valence electrons.